The lowest BCUT2D eigenvalue weighted by atomic mass is 9.62. The predicted octanol–water partition coefficient (Wildman–Crippen LogP) is 5.32. The van der Waals surface area contributed by atoms with Crippen LogP contribution < -0.4 is 0 Å². The summed E-state index contributed by atoms with van der Waals surface area (Å²) in [5.74, 6) is -3.28. The van der Waals surface area contributed by atoms with E-state index in [0.29, 0.717) is 35.1 Å². The third kappa shape index (κ3) is 5.46. The number of carbonyl (C=O) groups is 2. The summed E-state index contributed by atoms with van der Waals surface area (Å²) in [6, 6.07) is 14.0. The van der Waals surface area contributed by atoms with Crippen molar-refractivity contribution in [3.63, 3.8) is 0 Å². The smallest absolute Gasteiger partial charge is 0.334 e. The molecule has 0 saturated carbocycles. The normalized spacial score (nSPS) is 21.3. The van der Waals surface area contributed by atoms with E-state index in [9.17, 15) is 19.8 Å². The molecule has 0 radical (unpaired) electrons. The second-order valence-corrected chi connectivity index (χ2v) is 10.8. The van der Waals surface area contributed by atoms with Gasteiger partial charge in [0.05, 0.1) is 42.6 Å². The Hall–Kier alpha value is -3.21. The van der Waals surface area contributed by atoms with Gasteiger partial charge in [0.1, 0.15) is 5.69 Å². The second kappa shape index (κ2) is 11.9. The summed E-state index contributed by atoms with van der Waals surface area (Å²) in [6.07, 6.45) is 1.82. The number of rotatable bonds is 10. The van der Waals surface area contributed by atoms with Crippen LogP contribution in [0.2, 0.25) is 5.02 Å². The zero-order chi connectivity index (χ0) is 28.3. The van der Waals surface area contributed by atoms with Crippen LogP contribution in [0.15, 0.2) is 70.5 Å². The number of hydrogen-bond acceptors (Lipinski definition) is 6. The average Bonchev–Trinajstić information content (AvgIpc) is 3.37. The van der Waals surface area contributed by atoms with Gasteiger partial charge in [-0.1, -0.05) is 69.1 Å². The van der Waals surface area contributed by atoms with E-state index >= 15 is 0 Å². The highest BCUT2D eigenvalue weighted by atomic mass is 79.9. The van der Waals surface area contributed by atoms with Crippen molar-refractivity contribution in [3.8, 4) is 11.3 Å². The lowest BCUT2D eigenvalue weighted by molar-refractivity contribution is -0.154. The minimum Gasteiger partial charge on any atom is -0.481 e. The Bertz CT molecular complexity index is 1410. The third-order valence-corrected chi connectivity index (χ3v) is 8.56. The second-order valence-electron chi connectivity index (χ2n) is 9.57. The van der Waals surface area contributed by atoms with Crippen LogP contribution in [-0.4, -0.2) is 67.8 Å². The highest BCUT2D eigenvalue weighted by Gasteiger charge is 2.56. The molecular formula is C28H30BrClN4O5. The number of carboxylic acid groups (broad SMARTS) is 2. The molecule has 3 atom stereocenters. The van der Waals surface area contributed by atoms with Crippen molar-refractivity contribution in [2.24, 2.45) is 5.41 Å². The van der Waals surface area contributed by atoms with Gasteiger partial charge < -0.3 is 19.8 Å². The number of benzene rings is 2. The molecule has 0 bridgehead atoms. The number of likely N-dealkylation sites (N-methyl/N-ethyl adjacent to an activating group) is 1. The largest absolute Gasteiger partial charge is 0.481 e. The first-order valence-corrected chi connectivity index (χ1v) is 13.7. The molecule has 2 aromatic carbocycles. The number of halogens is 2. The quantitative estimate of drug-likeness (QED) is 0.294. The van der Waals surface area contributed by atoms with Gasteiger partial charge >= 0.3 is 11.9 Å². The van der Waals surface area contributed by atoms with E-state index in [1.54, 1.807) is 42.8 Å². The molecule has 0 saturated heterocycles. The molecule has 0 spiro atoms. The van der Waals surface area contributed by atoms with Gasteiger partial charge in [0.15, 0.2) is 0 Å². The number of ether oxygens (including phenoxy) is 1. The van der Waals surface area contributed by atoms with E-state index in [1.807, 2.05) is 42.3 Å². The number of aromatic nitrogens is 3. The van der Waals surface area contributed by atoms with E-state index in [1.165, 1.54) is 0 Å². The first kappa shape index (κ1) is 28.8. The third-order valence-electron chi connectivity index (χ3n) is 7.52. The molecule has 39 heavy (non-hydrogen) atoms. The topological polar surface area (TPSA) is 118 Å². The first-order chi connectivity index (χ1) is 18.6. The Morgan fingerprint density at radius 3 is 2.49 bits per heavy atom. The van der Waals surface area contributed by atoms with Gasteiger partial charge in [0, 0.05) is 33.6 Å². The molecule has 3 aromatic rings. The Morgan fingerprint density at radius 1 is 1.15 bits per heavy atom. The molecule has 206 valence electrons. The fourth-order valence-corrected chi connectivity index (χ4v) is 6.04. The lowest BCUT2D eigenvalue weighted by Gasteiger charge is -2.51. The molecule has 1 aliphatic heterocycles. The molecule has 2 heterocycles. The summed E-state index contributed by atoms with van der Waals surface area (Å²) in [6.45, 7) is 6.30. The molecule has 1 aliphatic rings. The number of nitrogens with zero attached hydrogens (tertiary/aromatic N) is 4. The maximum Gasteiger partial charge on any atom is 0.334 e. The lowest BCUT2D eigenvalue weighted by Crippen LogP contribution is -2.57. The maximum atomic E-state index is 12.8. The van der Waals surface area contributed by atoms with E-state index in [4.69, 9.17) is 16.3 Å². The molecule has 0 fully saturated rings. The van der Waals surface area contributed by atoms with Gasteiger partial charge in [-0.05, 0) is 38.5 Å². The number of hydrogen-bond donors (Lipinski definition) is 2. The molecule has 4 rings (SSSR count). The molecule has 0 aliphatic carbocycles. The summed E-state index contributed by atoms with van der Waals surface area (Å²) in [7, 11) is 0. The van der Waals surface area contributed by atoms with Crippen LogP contribution in [-0.2, 0) is 20.9 Å². The number of aliphatic carboxylic acids is 2. The van der Waals surface area contributed by atoms with Crippen LogP contribution in [0.1, 0.15) is 32.3 Å². The summed E-state index contributed by atoms with van der Waals surface area (Å²) in [5.41, 5.74) is 1.05. The highest BCUT2D eigenvalue weighted by Crippen LogP contribution is 2.52. The summed E-state index contributed by atoms with van der Waals surface area (Å²) in [4.78, 5) is 27.3. The van der Waals surface area contributed by atoms with Crippen molar-refractivity contribution in [1.29, 1.82) is 0 Å². The van der Waals surface area contributed by atoms with Crippen molar-refractivity contribution in [3.05, 3.63) is 81.1 Å². The molecule has 11 heteroatoms. The minimum absolute atomic E-state index is 0.0117. The predicted molar refractivity (Wildman–Crippen MR) is 150 cm³/mol. The van der Waals surface area contributed by atoms with Crippen LogP contribution in [0.4, 0.5) is 0 Å². The van der Waals surface area contributed by atoms with Gasteiger partial charge in [-0.3, -0.25) is 4.79 Å². The van der Waals surface area contributed by atoms with E-state index in [0.717, 1.165) is 10.0 Å². The van der Waals surface area contributed by atoms with Crippen molar-refractivity contribution in [2.75, 3.05) is 19.8 Å². The van der Waals surface area contributed by atoms with E-state index < -0.39 is 29.3 Å². The summed E-state index contributed by atoms with van der Waals surface area (Å²) >= 11 is 10.0. The molecule has 3 unspecified atom stereocenters. The molecular weight excluding hydrogens is 588 g/mol. The fourth-order valence-electron chi connectivity index (χ4n) is 5.31. The van der Waals surface area contributed by atoms with Gasteiger partial charge in [0.2, 0.25) is 0 Å². The van der Waals surface area contributed by atoms with Crippen LogP contribution >= 0.6 is 27.5 Å². The Labute approximate surface area is 240 Å². The summed E-state index contributed by atoms with van der Waals surface area (Å²) < 4.78 is 8.55. The van der Waals surface area contributed by atoms with Crippen molar-refractivity contribution < 1.29 is 24.5 Å². The number of carboxylic acids is 2. The molecule has 1 aromatic heterocycles. The van der Waals surface area contributed by atoms with Crippen molar-refractivity contribution in [2.45, 2.75) is 39.3 Å². The first-order valence-electron chi connectivity index (χ1n) is 12.5. The SMILES string of the molecule is CCN1C(COCCn2cc(-c3ccccc3Br)nn2)=C(C(=O)O)C(c2ccccc2Cl)C(C)(C(=O)O)C1C. The van der Waals surface area contributed by atoms with E-state index in [2.05, 4.69) is 26.2 Å². The molecule has 0 amide bonds. The van der Waals surface area contributed by atoms with Crippen LogP contribution in [0.5, 0.6) is 0 Å². The average molecular weight is 618 g/mol. The standard InChI is InChI=1S/C28H30BrClN4O5/c1-4-34-17(2)28(3,27(37)38)25(19-10-6-8-12-21(19)30)24(26(35)36)23(34)16-39-14-13-33-15-22(31-32-33)18-9-5-7-11-20(18)29/h5-12,15,17,25H,4,13-14,16H2,1-3H3,(H,35,36)(H,37,38). The van der Waals surface area contributed by atoms with Gasteiger partial charge in [0.25, 0.3) is 0 Å². The fraction of sp³-hybridized carbons (Fsp3) is 0.357. The molecule has 2 N–H and O–H groups in total. The minimum atomic E-state index is -1.46. The molecule has 9 nitrogen and oxygen atoms in total. The Morgan fingerprint density at radius 2 is 1.85 bits per heavy atom. The van der Waals surface area contributed by atoms with Gasteiger partial charge in [-0.25, -0.2) is 9.48 Å². The van der Waals surface area contributed by atoms with E-state index in [-0.39, 0.29) is 18.8 Å². The monoisotopic (exact) mass is 616 g/mol. The zero-order valence-electron chi connectivity index (χ0n) is 21.8. The summed E-state index contributed by atoms with van der Waals surface area (Å²) in [5, 5.41) is 29.5. The van der Waals surface area contributed by atoms with Crippen LogP contribution in [0.25, 0.3) is 11.3 Å². The maximum absolute atomic E-state index is 12.8. The van der Waals surface area contributed by atoms with Crippen LogP contribution in [0.3, 0.4) is 0 Å². The van der Waals surface area contributed by atoms with Gasteiger partial charge in [-0.2, -0.15) is 0 Å². The van der Waals surface area contributed by atoms with Crippen molar-refractivity contribution >= 4 is 39.5 Å². The Balaban J connectivity index is 1.62. The van der Waals surface area contributed by atoms with Crippen LogP contribution in [0, 0.1) is 5.41 Å². The zero-order valence-corrected chi connectivity index (χ0v) is 24.2. The van der Waals surface area contributed by atoms with Crippen molar-refractivity contribution in [1.82, 2.24) is 19.9 Å². The highest BCUT2D eigenvalue weighted by molar-refractivity contribution is 9.10. The van der Waals surface area contributed by atoms with Gasteiger partial charge in [-0.15, -0.1) is 5.10 Å². The Kier molecular flexibility index (Phi) is 8.78.